The minimum Gasteiger partial charge on any atom is -0.483 e. The summed E-state index contributed by atoms with van der Waals surface area (Å²) in [7, 11) is 0. The van der Waals surface area contributed by atoms with E-state index in [9.17, 15) is 9.59 Å². The van der Waals surface area contributed by atoms with E-state index in [4.69, 9.17) is 15.2 Å². The molecule has 0 bridgehead atoms. The molecule has 0 amide bonds. The predicted octanol–water partition coefficient (Wildman–Crippen LogP) is 1.66. The molecule has 0 aromatic carbocycles. The Bertz CT molecular complexity index is 349. The highest BCUT2D eigenvalue weighted by Crippen LogP contribution is 2.24. The van der Waals surface area contributed by atoms with E-state index in [0.717, 1.165) is 19.3 Å². The topological polar surface area (TPSA) is 78.6 Å². The second-order valence-corrected chi connectivity index (χ2v) is 4.34. The number of carbonyl (C=O) groups excluding carboxylic acids is 2. The van der Waals surface area contributed by atoms with Crippen LogP contribution >= 0.6 is 0 Å². The van der Waals surface area contributed by atoms with Crippen molar-refractivity contribution in [3.63, 3.8) is 0 Å². The van der Waals surface area contributed by atoms with E-state index in [1.807, 2.05) is 6.92 Å². The first-order valence-corrected chi connectivity index (χ1v) is 6.42. The molecular formula is C13H21NO4. The first-order chi connectivity index (χ1) is 8.60. The minimum atomic E-state index is -0.495. The van der Waals surface area contributed by atoms with Crippen LogP contribution in [-0.4, -0.2) is 24.4 Å². The van der Waals surface area contributed by atoms with Gasteiger partial charge >= 0.3 is 5.97 Å². The minimum absolute atomic E-state index is 0.0747. The molecule has 0 radical (unpaired) electrons. The molecule has 2 N–H and O–H groups in total. The number of ether oxygens (including phenoxy) is 2. The normalized spacial score (nSPS) is 19.1. The lowest BCUT2D eigenvalue weighted by molar-refractivity contribution is -0.142. The summed E-state index contributed by atoms with van der Waals surface area (Å²) in [6.07, 6.45) is 2.91. The average Bonchev–Trinajstić information content (AvgIpc) is 2.62. The Morgan fingerprint density at radius 2 is 2.11 bits per heavy atom. The summed E-state index contributed by atoms with van der Waals surface area (Å²) in [6.45, 7) is 4.13. The fourth-order valence-corrected chi connectivity index (χ4v) is 1.79. The van der Waals surface area contributed by atoms with Crippen LogP contribution in [0.25, 0.3) is 0 Å². The predicted molar refractivity (Wildman–Crippen MR) is 66.5 cm³/mol. The van der Waals surface area contributed by atoms with Crippen molar-refractivity contribution in [3.8, 4) is 0 Å². The maximum absolute atomic E-state index is 11.8. The number of nitrogens with two attached hydrogens (primary N) is 1. The highest BCUT2D eigenvalue weighted by atomic mass is 16.6. The molecule has 1 aliphatic rings. The molecule has 0 spiro atoms. The van der Waals surface area contributed by atoms with Gasteiger partial charge in [0.05, 0.1) is 0 Å². The van der Waals surface area contributed by atoms with E-state index in [1.54, 1.807) is 6.92 Å². The van der Waals surface area contributed by atoms with Crippen molar-refractivity contribution in [1.29, 1.82) is 0 Å². The van der Waals surface area contributed by atoms with Crippen molar-refractivity contribution in [2.75, 3.05) is 6.54 Å². The van der Waals surface area contributed by atoms with Crippen molar-refractivity contribution in [2.45, 2.75) is 52.1 Å². The van der Waals surface area contributed by atoms with Crippen LogP contribution in [0, 0.1) is 0 Å². The van der Waals surface area contributed by atoms with Gasteiger partial charge in [0.15, 0.2) is 6.10 Å². The van der Waals surface area contributed by atoms with E-state index in [-0.39, 0.29) is 17.5 Å². The Morgan fingerprint density at radius 1 is 1.39 bits per heavy atom. The van der Waals surface area contributed by atoms with Gasteiger partial charge in [0, 0.05) is 6.42 Å². The molecular weight excluding hydrogens is 234 g/mol. The highest BCUT2D eigenvalue weighted by molar-refractivity contribution is 6.01. The van der Waals surface area contributed by atoms with Crippen LogP contribution in [0.2, 0.25) is 0 Å². The number of unbranched alkanes of at least 4 members (excludes halogenated alkanes) is 2. The van der Waals surface area contributed by atoms with Crippen molar-refractivity contribution in [2.24, 2.45) is 5.73 Å². The molecule has 5 nitrogen and oxygen atoms in total. The standard InChI is InChI=1S/C13H21NO4/c1-3-10-12(16)13(9(2)17-10)18-11(15)7-5-4-6-8-14/h10H,3-8,14H2,1-2H3. The van der Waals surface area contributed by atoms with E-state index in [2.05, 4.69) is 0 Å². The number of carbonyl (C=O) groups is 2. The quantitative estimate of drug-likeness (QED) is 0.553. The second-order valence-electron chi connectivity index (χ2n) is 4.34. The molecule has 5 heteroatoms. The third-order valence-corrected chi connectivity index (χ3v) is 2.83. The number of hydrogen-bond donors (Lipinski definition) is 1. The summed E-state index contributed by atoms with van der Waals surface area (Å²) in [5.74, 6) is -0.131. The molecule has 0 fully saturated rings. The van der Waals surface area contributed by atoms with Crippen LogP contribution in [-0.2, 0) is 19.1 Å². The fourth-order valence-electron chi connectivity index (χ4n) is 1.79. The zero-order valence-electron chi connectivity index (χ0n) is 11.0. The van der Waals surface area contributed by atoms with E-state index < -0.39 is 6.10 Å². The van der Waals surface area contributed by atoms with Gasteiger partial charge in [-0.25, -0.2) is 0 Å². The summed E-state index contributed by atoms with van der Waals surface area (Å²) in [5, 5.41) is 0. The molecule has 1 heterocycles. The van der Waals surface area contributed by atoms with Crippen LogP contribution in [0.15, 0.2) is 11.5 Å². The first kappa shape index (κ1) is 14.7. The SMILES string of the molecule is CCC1OC(C)=C(OC(=O)CCCCCN)C1=O. The van der Waals surface area contributed by atoms with Gasteiger partial charge in [-0.3, -0.25) is 9.59 Å². The van der Waals surface area contributed by atoms with Crippen LogP contribution in [0.3, 0.4) is 0 Å². The van der Waals surface area contributed by atoms with Gasteiger partial charge in [-0.05, 0) is 32.7 Å². The van der Waals surface area contributed by atoms with Gasteiger partial charge in [0.2, 0.25) is 11.5 Å². The molecule has 1 rings (SSSR count). The Hall–Kier alpha value is -1.36. The maximum atomic E-state index is 11.8. The first-order valence-electron chi connectivity index (χ1n) is 6.42. The van der Waals surface area contributed by atoms with Crippen LogP contribution < -0.4 is 5.73 Å². The molecule has 0 aliphatic carbocycles. The van der Waals surface area contributed by atoms with Gasteiger partial charge in [-0.1, -0.05) is 13.3 Å². The molecule has 0 saturated carbocycles. The monoisotopic (exact) mass is 255 g/mol. The Balaban J connectivity index is 2.40. The molecule has 1 unspecified atom stereocenters. The Morgan fingerprint density at radius 3 is 2.67 bits per heavy atom. The summed E-state index contributed by atoms with van der Waals surface area (Å²) < 4.78 is 10.4. The summed E-state index contributed by atoms with van der Waals surface area (Å²) in [4.78, 5) is 23.3. The molecule has 0 aromatic rings. The van der Waals surface area contributed by atoms with E-state index in [1.165, 1.54) is 0 Å². The van der Waals surface area contributed by atoms with E-state index in [0.29, 0.717) is 25.1 Å². The summed E-state index contributed by atoms with van der Waals surface area (Å²) in [5.41, 5.74) is 5.36. The highest BCUT2D eigenvalue weighted by Gasteiger charge is 2.34. The number of hydrogen-bond acceptors (Lipinski definition) is 5. The zero-order valence-corrected chi connectivity index (χ0v) is 11.0. The Kier molecular flexibility index (Phi) is 5.85. The molecule has 18 heavy (non-hydrogen) atoms. The zero-order chi connectivity index (χ0) is 13.5. The molecule has 1 atom stereocenters. The third kappa shape index (κ3) is 3.84. The third-order valence-electron chi connectivity index (χ3n) is 2.83. The van der Waals surface area contributed by atoms with Gasteiger partial charge in [-0.15, -0.1) is 0 Å². The van der Waals surface area contributed by atoms with Crippen LogP contribution in [0.4, 0.5) is 0 Å². The van der Waals surface area contributed by atoms with Crippen molar-refractivity contribution >= 4 is 11.8 Å². The van der Waals surface area contributed by atoms with Crippen LogP contribution in [0.1, 0.15) is 46.0 Å². The molecule has 0 saturated heterocycles. The van der Waals surface area contributed by atoms with Gasteiger partial charge < -0.3 is 15.2 Å². The smallest absolute Gasteiger partial charge is 0.311 e. The average molecular weight is 255 g/mol. The van der Waals surface area contributed by atoms with Crippen molar-refractivity contribution < 1.29 is 19.1 Å². The molecule has 102 valence electrons. The lowest BCUT2D eigenvalue weighted by Crippen LogP contribution is -2.19. The second kappa shape index (κ2) is 7.16. The summed E-state index contributed by atoms with van der Waals surface area (Å²) >= 11 is 0. The number of esters is 1. The van der Waals surface area contributed by atoms with Crippen molar-refractivity contribution in [3.05, 3.63) is 11.5 Å². The largest absolute Gasteiger partial charge is 0.483 e. The Labute approximate surface area is 107 Å². The number of rotatable bonds is 7. The molecule has 1 aliphatic heterocycles. The van der Waals surface area contributed by atoms with Gasteiger partial charge in [0.1, 0.15) is 5.76 Å². The molecule has 0 aromatic heterocycles. The lowest BCUT2D eigenvalue weighted by atomic mass is 10.1. The lowest BCUT2D eigenvalue weighted by Gasteiger charge is -2.05. The van der Waals surface area contributed by atoms with Gasteiger partial charge in [0.25, 0.3) is 0 Å². The maximum Gasteiger partial charge on any atom is 0.311 e. The fraction of sp³-hybridized carbons (Fsp3) is 0.692. The number of allylic oxidation sites excluding steroid dienone is 1. The summed E-state index contributed by atoms with van der Waals surface area (Å²) in [6, 6.07) is 0. The van der Waals surface area contributed by atoms with Crippen LogP contribution in [0.5, 0.6) is 0 Å². The van der Waals surface area contributed by atoms with Gasteiger partial charge in [-0.2, -0.15) is 0 Å². The number of ketones is 1. The van der Waals surface area contributed by atoms with Crippen molar-refractivity contribution in [1.82, 2.24) is 0 Å². The van der Waals surface area contributed by atoms with E-state index >= 15 is 0 Å². The number of Topliss-reactive ketones (excluding diaryl/α,β-unsaturated/α-hetero) is 1.